The number of hydrogen-bond donors (Lipinski definition) is 2. The van der Waals surface area contributed by atoms with E-state index >= 15 is 0 Å². The maximum atomic E-state index is 9.99. The molecule has 242 valence electrons. The molecule has 10 nitrogen and oxygen atoms in total. The van der Waals surface area contributed by atoms with Crippen molar-refractivity contribution in [3.05, 3.63) is 0 Å². The lowest BCUT2D eigenvalue weighted by molar-refractivity contribution is -0.100. The molecule has 40 heavy (non-hydrogen) atoms. The van der Waals surface area contributed by atoms with E-state index in [0.29, 0.717) is 26.4 Å². The predicted molar refractivity (Wildman–Crippen MR) is 169 cm³/mol. The van der Waals surface area contributed by atoms with E-state index in [1.807, 2.05) is 0 Å². The third kappa shape index (κ3) is 20.4. The fourth-order valence-electron chi connectivity index (χ4n) is 4.57. The van der Waals surface area contributed by atoms with E-state index in [1.54, 1.807) is 14.2 Å². The summed E-state index contributed by atoms with van der Waals surface area (Å²) in [4.78, 5) is 0. The monoisotopic (exact) mass is 646 g/mol. The first-order valence-electron chi connectivity index (χ1n) is 14.5. The van der Waals surface area contributed by atoms with Crippen molar-refractivity contribution in [1.29, 1.82) is 0 Å². The van der Waals surface area contributed by atoms with Crippen molar-refractivity contribution in [3.63, 3.8) is 0 Å². The summed E-state index contributed by atoms with van der Waals surface area (Å²) in [5.74, 6) is 0. The van der Waals surface area contributed by atoms with Crippen LogP contribution in [0.25, 0.3) is 0 Å². The molecule has 0 aromatic rings. The Balaban J connectivity index is 5.23. The Kier molecular flexibility index (Phi) is 19.2. The minimum Gasteiger partial charge on any atom is -0.437 e. The second-order valence-corrected chi connectivity index (χ2v) is 29.8. The first-order chi connectivity index (χ1) is 18.3. The first-order valence-corrected chi connectivity index (χ1v) is 26.6. The Morgan fingerprint density at radius 3 is 1.48 bits per heavy atom. The Hall–Kier alpha value is 0.468. The van der Waals surface area contributed by atoms with E-state index in [4.69, 9.17) is 36.0 Å². The van der Waals surface area contributed by atoms with Gasteiger partial charge in [-0.05, 0) is 77.8 Å². The molecule has 0 radical (unpaired) electrons. The molecular weight excluding hydrogens is 585 g/mol. The highest BCUT2D eigenvalue weighted by molar-refractivity contribution is 6.89. The van der Waals surface area contributed by atoms with Crippen LogP contribution in [-0.2, 0) is 36.0 Å². The SMILES string of the molecule is CCC(COCCC[Si](C)(O[Si](C)(C)C)O[Si](C)(C)O[Si](C)(C)C)(COCC(O)COC)COCC(O)COC. The summed E-state index contributed by atoms with van der Waals surface area (Å²) in [6, 6.07) is 0.821. The second-order valence-electron chi connectivity index (χ2n) is 13.3. The van der Waals surface area contributed by atoms with Crippen molar-refractivity contribution in [2.24, 2.45) is 5.41 Å². The Morgan fingerprint density at radius 1 is 0.625 bits per heavy atom. The van der Waals surface area contributed by atoms with E-state index in [1.165, 1.54) is 0 Å². The summed E-state index contributed by atoms with van der Waals surface area (Å²) in [7, 11) is -5.34. The van der Waals surface area contributed by atoms with Gasteiger partial charge in [-0.3, -0.25) is 0 Å². The van der Waals surface area contributed by atoms with Crippen LogP contribution in [0.3, 0.4) is 0 Å². The summed E-state index contributed by atoms with van der Waals surface area (Å²) in [5, 5.41) is 20.0. The zero-order chi connectivity index (χ0) is 31.1. The van der Waals surface area contributed by atoms with Gasteiger partial charge in [-0.25, -0.2) is 0 Å². The number of rotatable bonds is 25. The van der Waals surface area contributed by atoms with Crippen LogP contribution in [0.15, 0.2) is 0 Å². The Morgan fingerprint density at radius 2 is 1.07 bits per heavy atom. The molecule has 0 aliphatic carbocycles. The lowest BCUT2D eigenvalue weighted by Gasteiger charge is -2.41. The van der Waals surface area contributed by atoms with Gasteiger partial charge in [0.2, 0.25) is 0 Å². The second kappa shape index (κ2) is 19.0. The van der Waals surface area contributed by atoms with E-state index in [2.05, 4.69) is 65.8 Å². The van der Waals surface area contributed by atoms with Crippen molar-refractivity contribution in [2.45, 2.75) is 96.9 Å². The zero-order valence-electron chi connectivity index (χ0n) is 27.6. The van der Waals surface area contributed by atoms with Gasteiger partial charge in [0.1, 0.15) is 12.2 Å². The van der Waals surface area contributed by atoms with Crippen LogP contribution in [0, 0.1) is 5.41 Å². The molecule has 0 fully saturated rings. The van der Waals surface area contributed by atoms with Gasteiger partial charge in [-0.1, -0.05) is 6.92 Å². The molecule has 0 bridgehead atoms. The lowest BCUT2D eigenvalue weighted by atomic mass is 9.88. The smallest absolute Gasteiger partial charge is 0.315 e. The van der Waals surface area contributed by atoms with E-state index in [-0.39, 0.29) is 26.4 Å². The quantitative estimate of drug-likeness (QED) is 0.110. The number of aliphatic hydroxyl groups excluding tert-OH is 2. The van der Waals surface area contributed by atoms with Crippen molar-refractivity contribution in [1.82, 2.24) is 0 Å². The minimum absolute atomic E-state index is 0.163. The van der Waals surface area contributed by atoms with Gasteiger partial charge < -0.3 is 46.2 Å². The highest BCUT2D eigenvalue weighted by atomic mass is 28.5. The first kappa shape index (κ1) is 40.5. The van der Waals surface area contributed by atoms with Crippen LogP contribution in [0.1, 0.15) is 19.8 Å². The average molecular weight is 647 g/mol. The van der Waals surface area contributed by atoms with Crippen LogP contribution >= 0.6 is 0 Å². The average Bonchev–Trinajstić information content (AvgIpc) is 2.75. The number of hydrogen-bond acceptors (Lipinski definition) is 10. The molecule has 0 aliphatic heterocycles. The fraction of sp³-hybridized carbons (Fsp3) is 1.00. The van der Waals surface area contributed by atoms with Gasteiger partial charge in [0, 0.05) is 26.2 Å². The summed E-state index contributed by atoms with van der Waals surface area (Å²) < 4.78 is 47.9. The van der Waals surface area contributed by atoms with Gasteiger partial charge in [0.15, 0.2) is 16.6 Å². The standard InChI is InChI=1S/C26H62O10Si4/c1-13-26(22-32-19-24(27)17-29-2,23-33-20-25(28)18-30-3)21-31-15-14-16-40(12,35-38(7,8)9)36-39(10,11)34-37(4,5)6/h24-25,27-28H,13-23H2,1-12H3. The molecule has 2 N–H and O–H groups in total. The topological polar surface area (TPSA) is 114 Å². The maximum absolute atomic E-state index is 9.99. The van der Waals surface area contributed by atoms with Crippen LogP contribution < -0.4 is 0 Å². The van der Waals surface area contributed by atoms with Gasteiger partial charge in [-0.15, -0.1) is 0 Å². The van der Waals surface area contributed by atoms with E-state index in [0.717, 1.165) is 18.9 Å². The highest BCUT2D eigenvalue weighted by Crippen LogP contribution is 2.29. The third-order valence-corrected chi connectivity index (χ3v) is 19.3. The summed E-state index contributed by atoms with van der Waals surface area (Å²) >= 11 is 0. The minimum atomic E-state index is -2.50. The largest absolute Gasteiger partial charge is 0.437 e. The number of ether oxygens (including phenoxy) is 5. The van der Waals surface area contributed by atoms with Crippen molar-refractivity contribution in [2.75, 3.05) is 67.1 Å². The van der Waals surface area contributed by atoms with Crippen molar-refractivity contribution >= 4 is 33.8 Å². The highest BCUT2D eigenvalue weighted by Gasteiger charge is 2.44. The van der Waals surface area contributed by atoms with Gasteiger partial charge in [0.25, 0.3) is 0 Å². The number of aliphatic hydroxyl groups is 2. The maximum Gasteiger partial charge on any atom is 0.315 e. The molecule has 3 unspecified atom stereocenters. The van der Waals surface area contributed by atoms with Crippen molar-refractivity contribution in [3.8, 4) is 0 Å². The molecule has 0 heterocycles. The zero-order valence-corrected chi connectivity index (χ0v) is 31.6. The van der Waals surface area contributed by atoms with Crippen LogP contribution in [0.5, 0.6) is 0 Å². The molecule has 0 aromatic heterocycles. The molecular formula is C26H62O10Si4. The molecule has 0 spiro atoms. The molecule has 0 rings (SSSR count). The molecule has 0 amide bonds. The normalized spacial score (nSPS) is 17.9. The van der Waals surface area contributed by atoms with Crippen molar-refractivity contribution < 1.29 is 46.2 Å². The predicted octanol–water partition coefficient (Wildman–Crippen LogP) is 4.33. The van der Waals surface area contributed by atoms with E-state index < -0.39 is 51.4 Å². The third-order valence-electron chi connectivity index (χ3n) is 5.77. The van der Waals surface area contributed by atoms with Gasteiger partial charge >= 0.3 is 17.1 Å². The Labute approximate surface area is 249 Å². The Bertz CT molecular complexity index is 642. The summed E-state index contributed by atoms with van der Waals surface area (Å²) in [6.07, 6.45) is 0.162. The fourth-order valence-corrected chi connectivity index (χ4v) is 22.5. The molecule has 0 saturated heterocycles. The molecule has 14 heteroatoms. The summed E-state index contributed by atoms with van der Waals surface area (Å²) in [5.41, 5.74) is -0.425. The molecule has 0 aliphatic rings. The van der Waals surface area contributed by atoms with E-state index in [9.17, 15) is 10.2 Å². The molecule has 0 aromatic carbocycles. The lowest BCUT2D eigenvalue weighted by Crippen LogP contribution is -2.56. The van der Waals surface area contributed by atoms with Crippen LogP contribution in [-0.4, -0.2) is 123 Å². The van der Waals surface area contributed by atoms with Crippen LogP contribution in [0.2, 0.25) is 65.0 Å². The summed E-state index contributed by atoms with van der Waals surface area (Å²) in [6.45, 7) is 24.1. The van der Waals surface area contributed by atoms with Gasteiger partial charge in [-0.2, -0.15) is 0 Å². The molecule has 3 atom stereocenters. The van der Waals surface area contributed by atoms with Crippen LogP contribution in [0.4, 0.5) is 0 Å². The van der Waals surface area contributed by atoms with Gasteiger partial charge in [0.05, 0.1) is 46.2 Å². The number of methoxy groups -OCH3 is 2. The molecule has 0 saturated carbocycles.